The number of halogens is 4. The fraction of sp³-hybridized carbons (Fsp3) is 0.400. The molecule has 0 aliphatic heterocycles. The van der Waals surface area contributed by atoms with Crippen LogP contribution in [-0.2, 0) is 16.0 Å². The number of ether oxygens (including phenoxy) is 1. The molecule has 1 aromatic heterocycles. The predicted molar refractivity (Wildman–Crippen MR) is 59.6 cm³/mol. The van der Waals surface area contributed by atoms with Gasteiger partial charge in [0.25, 0.3) is 6.43 Å². The largest absolute Gasteiger partial charge is 0.466 e. The lowest BCUT2D eigenvalue weighted by molar-refractivity contribution is -0.142. The molecule has 0 spiro atoms. The van der Waals surface area contributed by atoms with Crippen LogP contribution in [-0.4, -0.2) is 17.6 Å². The first kappa shape index (κ1) is 14.1. The SMILES string of the molecule is CCOC(=O)Cc1nc(C(F)F)cc(Cl)c1Cl. The number of nitrogens with zero attached hydrogens (tertiary/aromatic N) is 1. The lowest BCUT2D eigenvalue weighted by Crippen LogP contribution is -2.10. The van der Waals surface area contributed by atoms with Crippen LogP contribution in [0.2, 0.25) is 10.0 Å². The van der Waals surface area contributed by atoms with Gasteiger partial charge < -0.3 is 4.74 Å². The van der Waals surface area contributed by atoms with E-state index < -0.39 is 18.1 Å². The second kappa shape index (κ2) is 6.12. The molecule has 0 aliphatic carbocycles. The molecule has 0 unspecified atom stereocenters. The minimum Gasteiger partial charge on any atom is -0.466 e. The Balaban J connectivity index is 3.01. The van der Waals surface area contributed by atoms with E-state index in [0.717, 1.165) is 6.07 Å². The zero-order chi connectivity index (χ0) is 13.0. The molecule has 7 heteroatoms. The van der Waals surface area contributed by atoms with Crippen molar-refractivity contribution in [3.8, 4) is 0 Å². The number of hydrogen-bond donors (Lipinski definition) is 0. The smallest absolute Gasteiger partial charge is 0.311 e. The maximum Gasteiger partial charge on any atom is 0.311 e. The van der Waals surface area contributed by atoms with E-state index in [1.807, 2.05) is 0 Å². The predicted octanol–water partition coefficient (Wildman–Crippen LogP) is 3.43. The number of aromatic nitrogens is 1. The molecule has 0 bridgehead atoms. The summed E-state index contributed by atoms with van der Waals surface area (Å²) < 4.78 is 29.6. The summed E-state index contributed by atoms with van der Waals surface area (Å²) in [7, 11) is 0. The first-order chi connectivity index (χ1) is 7.95. The van der Waals surface area contributed by atoms with Crippen molar-refractivity contribution in [3.63, 3.8) is 0 Å². The van der Waals surface area contributed by atoms with Gasteiger partial charge >= 0.3 is 5.97 Å². The lowest BCUT2D eigenvalue weighted by Gasteiger charge is -2.08. The zero-order valence-electron chi connectivity index (χ0n) is 8.84. The van der Waals surface area contributed by atoms with E-state index in [-0.39, 0.29) is 28.8 Å². The Morgan fingerprint density at radius 1 is 1.53 bits per heavy atom. The van der Waals surface area contributed by atoms with Crippen molar-refractivity contribution in [3.05, 3.63) is 27.5 Å². The fourth-order valence-electron chi connectivity index (χ4n) is 1.15. The number of hydrogen-bond acceptors (Lipinski definition) is 3. The quantitative estimate of drug-likeness (QED) is 0.795. The number of pyridine rings is 1. The Morgan fingerprint density at radius 2 is 2.18 bits per heavy atom. The van der Waals surface area contributed by atoms with Crippen molar-refractivity contribution < 1.29 is 18.3 Å². The maximum absolute atomic E-state index is 12.5. The molecule has 1 heterocycles. The average Bonchev–Trinajstić information content (AvgIpc) is 2.24. The third-order valence-corrected chi connectivity index (χ3v) is 2.66. The van der Waals surface area contributed by atoms with Crippen molar-refractivity contribution in [2.75, 3.05) is 6.61 Å². The second-order valence-electron chi connectivity index (χ2n) is 3.07. The summed E-state index contributed by atoms with van der Waals surface area (Å²) in [5.74, 6) is -0.593. The van der Waals surface area contributed by atoms with Gasteiger partial charge in [0, 0.05) is 0 Å². The van der Waals surface area contributed by atoms with Gasteiger partial charge in [-0.3, -0.25) is 4.79 Å². The average molecular weight is 284 g/mol. The summed E-state index contributed by atoms with van der Waals surface area (Å²) in [6.45, 7) is 1.83. The number of carbonyl (C=O) groups excluding carboxylic acids is 1. The van der Waals surface area contributed by atoms with Crippen molar-refractivity contribution >= 4 is 29.2 Å². The van der Waals surface area contributed by atoms with Gasteiger partial charge in [0.15, 0.2) is 0 Å². The van der Waals surface area contributed by atoms with Crippen molar-refractivity contribution in [1.29, 1.82) is 0 Å². The molecule has 94 valence electrons. The second-order valence-corrected chi connectivity index (χ2v) is 3.86. The molecule has 0 saturated carbocycles. The molecule has 0 fully saturated rings. The minimum absolute atomic E-state index is 0.00656. The van der Waals surface area contributed by atoms with E-state index in [0.29, 0.717) is 0 Å². The summed E-state index contributed by atoms with van der Waals surface area (Å²) in [4.78, 5) is 14.8. The first-order valence-corrected chi connectivity index (χ1v) is 5.49. The highest BCUT2D eigenvalue weighted by Crippen LogP contribution is 2.29. The third kappa shape index (κ3) is 3.78. The van der Waals surface area contributed by atoms with E-state index in [1.165, 1.54) is 0 Å². The van der Waals surface area contributed by atoms with Gasteiger partial charge in [-0.2, -0.15) is 0 Å². The summed E-state index contributed by atoms with van der Waals surface area (Å²) in [5, 5.41) is -0.0691. The number of esters is 1. The molecule has 0 amide bonds. The maximum atomic E-state index is 12.5. The molecular weight excluding hydrogens is 275 g/mol. The van der Waals surface area contributed by atoms with Crippen molar-refractivity contribution in [1.82, 2.24) is 4.98 Å². The lowest BCUT2D eigenvalue weighted by atomic mass is 10.2. The van der Waals surface area contributed by atoms with Crippen molar-refractivity contribution in [2.24, 2.45) is 0 Å². The van der Waals surface area contributed by atoms with Crippen LogP contribution in [0.5, 0.6) is 0 Å². The van der Waals surface area contributed by atoms with E-state index >= 15 is 0 Å². The Labute approximate surface area is 107 Å². The fourth-order valence-corrected chi connectivity index (χ4v) is 1.53. The monoisotopic (exact) mass is 283 g/mol. The highest BCUT2D eigenvalue weighted by molar-refractivity contribution is 6.42. The molecular formula is C10H9Cl2F2NO2. The summed E-state index contributed by atoms with van der Waals surface area (Å²) in [6.07, 6.45) is -3.06. The van der Waals surface area contributed by atoms with Gasteiger partial charge in [-0.1, -0.05) is 23.2 Å². The summed E-state index contributed by atoms with van der Waals surface area (Å²) >= 11 is 11.4. The third-order valence-electron chi connectivity index (χ3n) is 1.84. The van der Waals surface area contributed by atoms with Gasteiger partial charge in [-0.05, 0) is 13.0 Å². The Morgan fingerprint density at radius 3 is 2.71 bits per heavy atom. The number of alkyl halides is 2. The highest BCUT2D eigenvalue weighted by Gasteiger charge is 2.17. The first-order valence-electron chi connectivity index (χ1n) is 4.74. The Kier molecular flexibility index (Phi) is 5.08. The van der Waals surface area contributed by atoms with Crippen molar-refractivity contribution in [2.45, 2.75) is 19.8 Å². The molecule has 0 aromatic carbocycles. The molecule has 1 rings (SSSR count). The molecule has 0 aliphatic rings. The van der Waals surface area contributed by atoms with Crippen LogP contribution in [0.25, 0.3) is 0 Å². The molecule has 17 heavy (non-hydrogen) atoms. The van der Waals surface area contributed by atoms with E-state index in [4.69, 9.17) is 23.2 Å². The normalized spacial score (nSPS) is 10.7. The van der Waals surface area contributed by atoms with Crippen LogP contribution in [0.3, 0.4) is 0 Å². The van der Waals surface area contributed by atoms with Crippen LogP contribution >= 0.6 is 23.2 Å². The number of rotatable bonds is 4. The Bertz CT molecular complexity index is 427. The van der Waals surface area contributed by atoms with E-state index in [9.17, 15) is 13.6 Å². The molecule has 0 N–H and O–H groups in total. The molecule has 3 nitrogen and oxygen atoms in total. The topological polar surface area (TPSA) is 39.2 Å². The standard InChI is InChI=1S/C10H9Cl2F2NO2/c1-2-17-8(16)4-6-9(12)5(11)3-7(15-6)10(13)14/h3,10H,2,4H2,1H3. The van der Waals surface area contributed by atoms with Crippen LogP contribution < -0.4 is 0 Å². The minimum atomic E-state index is -2.77. The Hall–Kier alpha value is -0.940. The molecule has 0 saturated heterocycles. The van der Waals surface area contributed by atoms with Gasteiger partial charge in [0.1, 0.15) is 5.69 Å². The van der Waals surface area contributed by atoms with E-state index in [1.54, 1.807) is 6.92 Å². The number of carbonyl (C=O) groups is 1. The summed E-state index contributed by atoms with van der Waals surface area (Å²) in [5.41, 5.74) is -0.522. The zero-order valence-corrected chi connectivity index (χ0v) is 10.4. The van der Waals surface area contributed by atoms with Gasteiger partial charge in [-0.25, -0.2) is 13.8 Å². The van der Waals surface area contributed by atoms with Gasteiger partial charge in [-0.15, -0.1) is 0 Å². The molecule has 0 atom stereocenters. The highest BCUT2D eigenvalue weighted by atomic mass is 35.5. The van der Waals surface area contributed by atoms with Crippen LogP contribution in [0.1, 0.15) is 24.7 Å². The molecule has 1 aromatic rings. The summed E-state index contributed by atoms with van der Waals surface area (Å²) in [6, 6.07) is 0.975. The van der Waals surface area contributed by atoms with E-state index in [2.05, 4.69) is 9.72 Å². The molecule has 0 radical (unpaired) electrons. The van der Waals surface area contributed by atoms with Crippen LogP contribution in [0.4, 0.5) is 8.78 Å². The van der Waals surface area contributed by atoms with Gasteiger partial charge in [0.05, 0.1) is 28.8 Å². The van der Waals surface area contributed by atoms with Crippen LogP contribution in [0.15, 0.2) is 6.07 Å². The van der Waals surface area contributed by atoms with Crippen LogP contribution in [0, 0.1) is 0 Å². The van der Waals surface area contributed by atoms with Gasteiger partial charge in [0.2, 0.25) is 0 Å².